The monoisotopic (exact) mass is 476 g/mol. The van der Waals surface area contributed by atoms with Crippen molar-refractivity contribution in [3.8, 4) is 11.5 Å². The maximum atomic E-state index is 12.5. The summed E-state index contributed by atoms with van der Waals surface area (Å²) in [7, 11) is 0. The van der Waals surface area contributed by atoms with E-state index < -0.39 is 12.3 Å². The summed E-state index contributed by atoms with van der Waals surface area (Å²) in [6.07, 6.45) is 9.49. The van der Waals surface area contributed by atoms with Crippen LogP contribution < -0.4 is 9.47 Å². The summed E-state index contributed by atoms with van der Waals surface area (Å²) in [6.45, 7) is 6.37. The fourth-order valence-electron chi connectivity index (χ4n) is 3.71. The normalized spacial score (nSPS) is 11.4. The van der Waals surface area contributed by atoms with Crippen molar-refractivity contribution in [3.63, 3.8) is 0 Å². The number of benzene rings is 3. The van der Waals surface area contributed by atoms with Crippen molar-refractivity contribution in [1.82, 2.24) is 0 Å². The van der Waals surface area contributed by atoms with E-state index in [9.17, 15) is 9.59 Å². The van der Waals surface area contributed by atoms with Crippen LogP contribution in [0.4, 0.5) is 9.59 Å². The van der Waals surface area contributed by atoms with Crippen molar-refractivity contribution in [1.29, 1.82) is 0 Å². The summed E-state index contributed by atoms with van der Waals surface area (Å²) in [5, 5.41) is 2.54. The number of hydrogen-bond donors (Lipinski definition) is 0. The van der Waals surface area contributed by atoms with Crippen LogP contribution in [0.3, 0.4) is 0 Å². The molecule has 0 aromatic heterocycles. The van der Waals surface area contributed by atoms with Crippen molar-refractivity contribution < 1.29 is 28.5 Å². The second-order valence-corrected chi connectivity index (χ2v) is 8.08. The molecular formula is C29H32O6. The Morgan fingerprint density at radius 3 is 1.71 bits per heavy atom. The van der Waals surface area contributed by atoms with Crippen molar-refractivity contribution in [3.05, 3.63) is 72.3 Å². The van der Waals surface area contributed by atoms with Gasteiger partial charge in [-0.15, -0.1) is 0 Å². The highest BCUT2D eigenvalue weighted by Gasteiger charge is 2.21. The lowest BCUT2D eigenvalue weighted by Gasteiger charge is -2.16. The Hall–Kier alpha value is -3.80. The van der Waals surface area contributed by atoms with Gasteiger partial charge in [-0.25, -0.2) is 9.59 Å². The highest BCUT2D eigenvalue weighted by atomic mass is 16.7. The maximum absolute atomic E-state index is 12.5. The van der Waals surface area contributed by atoms with E-state index in [0.717, 1.165) is 18.4 Å². The highest BCUT2D eigenvalue weighted by molar-refractivity contribution is 6.12. The average molecular weight is 477 g/mol. The van der Waals surface area contributed by atoms with Gasteiger partial charge >= 0.3 is 12.3 Å². The molecule has 3 rings (SSSR count). The van der Waals surface area contributed by atoms with Crippen LogP contribution >= 0.6 is 0 Å². The van der Waals surface area contributed by atoms with E-state index in [4.69, 9.17) is 18.9 Å². The number of unbranched alkanes of at least 4 members (excludes halogenated alkanes) is 2. The van der Waals surface area contributed by atoms with Gasteiger partial charge in [0.05, 0.1) is 13.2 Å². The summed E-state index contributed by atoms with van der Waals surface area (Å²) in [5.74, 6) is 0.728. The number of rotatable bonds is 10. The van der Waals surface area contributed by atoms with E-state index in [1.165, 1.54) is 0 Å². The van der Waals surface area contributed by atoms with Gasteiger partial charge in [0.15, 0.2) is 0 Å². The lowest BCUT2D eigenvalue weighted by Crippen LogP contribution is -2.13. The number of carbonyl (C=O) groups excluding carboxylic acids is 2. The number of ether oxygens (including phenoxy) is 4. The third kappa shape index (κ3) is 7.09. The molecular weight excluding hydrogens is 444 g/mol. The van der Waals surface area contributed by atoms with Gasteiger partial charge < -0.3 is 18.9 Å². The molecule has 0 saturated heterocycles. The van der Waals surface area contributed by atoms with Crippen molar-refractivity contribution >= 4 is 33.9 Å². The van der Waals surface area contributed by atoms with E-state index in [-0.39, 0.29) is 13.2 Å². The Morgan fingerprint density at radius 1 is 0.714 bits per heavy atom. The second kappa shape index (κ2) is 13.2. The Bertz CT molecular complexity index is 1220. The molecule has 0 fully saturated rings. The predicted molar refractivity (Wildman–Crippen MR) is 138 cm³/mol. The Labute approximate surface area is 206 Å². The molecule has 0 amide bonds. The Morgan fingerprint density at radius 2 is 1.20 bits per heavy atom. The van der Waals surface area contributed by atoms with E-state index in [1.807, 2.05) is 87.5 Å². The van der Waals surface area contributed by atoms with E-state index in [2.05, 4.69) is 0 Å². The first kappa shape index (κ1) is 25.8. The average Bonchev–Trinajstić information content (AvgIpc) is 2.85. The topological polar surface area (TPSA) is 71.1 Å². The molecule has 0 saturated carbocycles. The zero-order valence-electron chi connectivity index (χ0n) is 20.5. The zero-order valence-corrected chi connectivity index (χ0v) is 20.5. The lowest BCUT2D eigenvalue weighted by molar-refractivity contribution is 0.0974. The molecule has 0 spiro atoms. The summed E-state index contributed by atoms with van der Waals surface area (Å²) in [4.78, 5) is 25.0. The standard InChI is InChI=1S/C29H32O6/c1-4-6-8-12-18-32-28(30)34-26-22-14-10-11-15-23(22)27(25-20-21(3)16-17-24(25)26)35-29(31)33-19-13-9-7-5-2/h4-7,10-11,14-17,20H,8-9,12-13,18-19H2,1-3H3/b6-4+,7-5+. The largest absolute Gasteiger partial charge is 0.513 e. The Kier molecular flexibility index (Phi) is 9.72. The molecule has 6 nitrogen and oxygen atoms in total. The summed E-state index contributed by atoms with van der Waals surface area (Å²) in [5.41, 5.74) is 0.967. The Balaban J connectivity index is 1.91. The maximum Gasteiger partial charge on any atom is 0.513 e. The van der Waals surface area contributed by atoms with Crippen LogP contribution in [0.5, 0.6) is 11.5 Å². The molecule has 0 aliphatic heterocycles. The first-order chi connectivity index (χ1) is 17.0. The van der Waals surface area contributed by atoms with E-state index in [0.29, 0.717) is 45.9 Å². The van der Waals surface area contributed by atoms with Gasteiger partial charge in [0, 0.05) is 21.5 Å². The zero-order chi connectivity index (χ0) is 25.0. The van der Waals surface area contributed by atoms with Gasteiger partial charge in [-0.3, -0.25) is 0 Å². The minimum Gasteiger partial charge on any atom is -0.434 e. The molecule has 0 N–H and O–H groups in total. The molecule has 184 valence electrons. The molecule has 0 aliphatic rings. The van der Waals surface area contributed by atoms with Gasteiger partial charge in [-0.2, -0.15) is 0 Å². The van der Waals surface area contributed by atoms with Crippen LogP contribution in [0, 0.1) is 6.92 Å². The highest BCUT2D eigenvalue weighted by Crippen LogP contribution is 2.43. The molecule has 3 aromatic rings. The molecule has 0 heterocycles. The minimum atomic E-state index is -0.772. The summed E-state index contributed by atoms with van der Waals surface area (Å²) < 4.78 is 22.0. The number of allylic oxidation sites excluding steroid dienone is 4. The van der Waals surface area contributed by atoms with Crippen molar-refractivity contribution in [2.24, 2.45) is 0 Å². The molecule has 0 aliphatic carbocycles. The van der Waals surface area contributed by atoms with Crippen LogP contribution in [-0.2, 0) is 9.47 Å². The number of carbonyl (C=O) groups is 2. The van der Waals surface area contributed by atoms with Gasteiger partial charge in [0.1, 0.15) is 11.5 Å². The van der Waals surface area contributed by atoms with Gasteiger partial charge in [0.2, 0.25) is 0 Å². The van der Waals surface area contributed by atoms with Crippen molar-refractivity contribution in [2.75, 3.05) is 13.2 Å². The van der Waals surface area contributed by atoms with E-state index >= 15 is 0 Å². The number of hydrogen-bond acceptors (Lipinski definition) is 6. The smallest absolute Gasteiger partial charge is 0.434 e. The molecule has 0 radical (unpaired) electrons. The van der Waals surface area contributed by atoms with Gasteiger partial charge in [-0.05, 0) is 52.5 Å². The third-order valence-electron chi connectivity index (χ3n) is 5.39. The fourth-order valence-corrected chi connectivity index (χ4v) is 3.71. The second-order valence-electron chi connectivity index (χ2n) is 8.08. The predicted octanol–water partition coefficient (Wildman–Crippen LogP) is 8.04. The van der Waals surface area contributed by atoms with Crippen LogP contribution in [-0.4, -0.2) is 25.5 Å². The molecule has 0 bridgehead atoms. The van der Waals surface area contributed by atoms with Crippen LogP contribution in [0.25, 0.3) is 21.5 Å². The van der Waals surface area contributed by atoms with Crippen molar-refractivity contribution in [2.45, 2.75) is 46.5 Å². The summed E-state index contributed by atoms with van der Waals surface area (Å²) >= 11 is 0. The lowest BCUT2D eigenvalue weighted by atomic mass is 9.99. The first-order valence-corrected chi connectivity index (χ1v) is 11.9. The third-order valence-corrected chi connectivity index (χ3v) is 5.39. The molecule has 35 heavy (non-hydrogen) atoms. The minimum absolute atomic E-state index is 0.263. The first-order valence-electron chi connectivity index (χ1n) is 11.9. The fraction of sp³-hybridized carbons (Fsp3) is 0.310. The van der Waals surface area contributed by atoms with Crippen LogP contribution in [0.15, 0.2) is 66.8 Å². The molecule has 0 unspecified atom stereocenters. The quantitative estimate of drug-likeness (QED) is 0.0969. The van der Waals surface area contributed by atoms with Gasteiger partial charge in [-0.1, -0.05) is 66.3 Å². The van der Waals surface area contributed by atoms with E-state index in [1.54, 1.807) is 0 Å². The van der Waals surface area contributed by atoms with Gasteiger partial charge in [0.25, 0.3) is 0 Å². The molecule has 0 atom stereocenters. The number of aryl methyl sites for hydroxylation is 1. The number of fused-ring (bicyclic) bond motifs is 2. The summed E-state index contributed by atoms with van der Waals surface area (Å²) in [6, 6.07) is 13.0. The van der Waals surface area contributed by atoms with Crippen LogP contribution in [0.1, 0.15) is 45.1 Å². The molecule has 6 heteroatoms. The van der Waals surface area contributed by atoms with Crippen LogP contribution in [0.2, 0.25) is 0 Å². The molecule has 3 aromatic carbocycles. The SMILES string of the molecule is C/C=C/CCCOC(=O)Oc1c2ccccc2c(OC(=O)OCCC/C=C/C)c2cc(C)ccc12.